The van der Waals surface area contributed by atoms with Gasteiger partial charge in [-0.05, 0) is 18.9 Å². The van der Waals surface area contributed by atoms with Gasteiger partial charge in [-0.15, -0.1) is 0 Å². The highest BCUT2D eigenvalue weighted by molar-refractivity contribution is 7.52. The summed E-state index contributed by atoms with van der Waals surface area (Å²) in [6.07, 6.45) is 0.944. The van der Waals surface area contributed by atoms with Crippen LogP contribution in [0.5, 0.6) is 0 Å². The molecule has 1 rings (SSSR count). The van der Waals surface area contributed by atoms with Crippen molar-refractivity contribution in [1.29, 1.82) is 0 Å². The maximum atomic E-state index is 11.8. The molecule has 5 heteroatoms. The van der Waals surface area contributed by atoms with E-state index in [1.807, 2.05) is 6.92 Å². The zero-order valence-electron chi connectivity index (χ0n) is 10.00. The first kappa shape index (κ1) is 14.1. The molecule has 17 heavy (non-hydrogen) atoms. The second-order valence-corrected chi connectivity index (χ2v) is 5.74. The van der Waals surface area contributed by atoms with E-state index < -0.39 is 7.60 Å². The lowest BCUT2D eigenvalue weighted by molar-refractivity contribution is 0.112. The van der Waals surface area contributed by atoms with Gasteiger partial charge in [0.15, 0.2) is 0 Å². The Morgan fingerprint density at radius 2 is 2.12 bits per heavy atom. The molecule has 0 amide bonds. The van der Waals surface area contributed by atoms with Gasteiger partial charge in [0.25, 0.3) is 0 Å². The van der Waals surface area contributed by atoms with Gasteiger partial charge in [-0.3, -0.25) is 9.36 Å². The molecule has 0 aromatic heterocycles. The molecular formula is C12H17O4P. The van der Waals surface area contributed by atoms with E-state index in [0.29, 0.717) is 23.8 Å². The Bertz CT molecular complexity index is 430. The lowest BCUT2D eigenvalue weighted by atomic mass is 10.1. The van der Waals surface area contributed by atoms with Crippen LogP contribution < -0.4 is 0 Å². The molecular weight excluding hydrogens is 239 g/mol. The van der Waals surface area contributed by atoms with Crippen molar-refractivity contribution in [1.82, 2.24) is 0 Å². The predicted octanol–water partition coefficient (Wildman–Crippen LogP) is 3.00. The Balaban J connectivity index is 2.82. The third-order valence-corrected chi connectivity index (χ3v) is 3.90. The van der Waals surface area contributed by atoms with E-state index in [1.165, 1.54) is 0 Å². The van der Waals surface area contributed by atoms with Gasteiger partial charge >= 0.3 is 7.60 Å². The molecule has 0 bridgehead atoms. The first-order valence-corrected chi connectivity index (χ1v) is 7.28. The quantitative estimate of drug-likeness (QED) is 0.627. The molecule has 0 saturated carbocycles. The number of carbonyl (C=O) groups is 1. The number of hydrogen-bond donors (Lipinski definition) is 1. The highest BCUT2D eigenvalue weighted by atomic mass is 31.2. The Hall–Kier alpha value is -0.960. The molecule has 0 radical (unpaired) electrons. The molecule has 4 nitrogen and oxygen atoms in total. The van der Waals surface area contributed by atoms with E-state index in [0.717, 1.165) is 0 Å². The zero-order chi connectivity index (χ0) is 12.9. The summed E-state index contributed by atoms with van der Waals surface area (Å²) in [4.78, 5) is 20.5. The summed E-state index contributed by atoms with van der Waals surface area (Å²) in [5.41, 5.74) is 0.964. The first-order valence-electron chi connectivity index (χ1n) is 5.52. The molecule has 1 aromatic carbocycles. The molecule has 0 aliphatic carbocycles. The SMILES string of the molecule is CCC(C)OP(=O)(O)Cc1ccccc1C=O. The van der Waals surface area contributed by atoms with Crippen LogP contribution in [-0.2, 0) is 15.3 Å². The van der Waals surface area contributed by atoms with Gasteiger partial charge in [-0.25, -0.2) is 0 Å². The third kappa shape index (κ3) is 4.43. The average Bonchev–Trinajstić information content (AvgIpc) is 2.28. The topological polar surface area (TPSA) is 63.6 Å². The lowest BCUT2D eigenvalue weighted by Gasteiger charge is -2.17. The van der Waals surface area contributed by atoms with Crippen molar-refractivity contribution in [2.45, 2.75) is 32.5 Å². The van der Waals surface area contributed by atoms with Gasteiger partial charge in [0, 0.05) is 5.56 Å². The van der Waals surface area contributed by atoms with Gasteiger partial charge in [0.05, 0.1) is 12.3 Å². The maximum Gasteiger partial charge on any atom is 0.332 e. The van der Waals surface area contributed by atoms with Gasteiger partial charge in [0.2, 0.25) is 0 Å². The van der Waals surface area contributed by atoms with E-state index in [1.54, 1.807) is 31.2 Å². The summed E-state index contributed by atoms with van der Waals surface area (Å²) < 4.78 is 16.9. The molecule has 2 atom stereocenters. The highest BCUT2D eigenvalue weighted by Gasteiger charge is 2.23. The third-order valence-electron chi connectivity index (χ3n) is 2.47. The van der Waals surface area contributed by atoms with Crippen molar-refractivity contribution in [3.63, 3.8) is 0 Å². The largest absolute Gasteiger partial charge is 0.332 e. The minimum absolute atomic E-state index is 0.133. The molecule has 1 N–H and O–H groups in total. The van der Waals surface area contributed by atoms with Gasteiger partial charge < -0.3 is 9.42 Å². The van der Waals surface area contributed by atoms with Crippen LogP contribution in [0.2, 0.25) is 0 Å². The maximum absolute atomic E-state index is 11.8. The van der Waals surface area contributed by atoms with Crippen LogP contribution in [-0.4, -0.2) is 17.3 Å². The summed E-state index contributed by atoms with van der Waals surface area (Å²) in [7, 11) is -3.69. The summed E-state index contributed by atoms with van der Waals surface area (Å²) in [6.45, 7) is 3.62. The monoisotopic (exact) mass is 256 g/mol. The van der Waals surface area contributed by atoms with Crippen molar-refractivity contribution in [2.75, 3.05) is 0 Å². The van der Waals surface area contributed by atoms with Crippen LogP contribution in [0.15, 0.2) is 24.3 Å². The van der Waals surface area contributed by atoms with E-state index in [4.69, 9.17) is 4.52 Å². The zero-order valence-corrected chi connectivity index (χ0v) is 10.9. The Labute approximate surface area is 101 Å². The van der Waals surface area contributed by atoms with Crippen molar-refractivity contribution in [2.24, 2.45) is 0 Å². The summed E-state index contributed by atoms with van der Waals surface area (Å²) in [6, 6.07) is 6.72. The molecule has 0 aliphatic rings. The van der Waals surface area contributed by atoms with Gasteiger partial charge in [0.1, 0.15) is 6.29 Å². The van der Waals surface area contributed by atoms with E-state index in [2.05, 4.69) is 0 Å². The second-order valence-electron chi connectivity index (χ2n) is 3.94. The Kier molecular flexibility index (Phi) is 5.06. The van der Waals surface area contributed by atoms with Crippen molar-refractivity contribution in [3.8, 4) is 0 Å². The normalized spacial score (nSPS) is 16.2. The number of hydrogen-bond acceptors (Lipinski definition) is 3. The van der Waals surface area contributed by atoms with E-state index >= 15 is 0 Å². The van der Waals surface area contributed by atoms with Crippen molar-refractivity contribution in [3.05, 3.63) is 35.4 Å². The van der Waals surface area contributed by atoms with Crippen molar-refractivity contribution >= 4 is 13.9 Å². The highest BCUT2D eigenvalue weighted by Crippen LogP contribution is 2.47. The van der Waals surface area contributed by atoms with Crippen molar-refractivity contribution < 1.29 is 18.8 Å². The minimum atomic E-state index is -3.69. The molecule has 0 spiro atoms. The molecule has 0 saturated heterocycles. The fraction of sp³-hybridized carbons (Fsp3) is 0.417. The molecule has 2 unspecified atom stereocenters. The molecule has 94 valence electrons. The lowest BCUT2D eigenvalue weighted by Crippen LogP contribution is -2.06. The van der Waals surface area contributed by atoms with Crippen LogP contribution in [0.1, 0.15) is 36.2 Å². The Morgan fingerprint density at radius 1 is 1.47 bits per heavy atom. The Morgan fingerprint density at radius 3 is 2.71 bits per heavy atom. The molecule has 0 heterocycles. The molecule has 1 aromatic rings. The van der Waals surface area contributed by atoms with E-state index in [9.17, 15) is 14.3 Å². The number of rotatable bonds is 6. The van der Waals surface area contributed by atoms with Crippen LogP contribution in [0.3, 0.4) is 0 Å². The number of benzene rings is 1. The predicted molar refractivity (Wildman–Crippen MR) is 66.2 cm³/mol. The van der Waals surface area contributed by atoms with Crippen LogP contribution in [0, 0.1) is 0 Å². The number of aldehydes is 1. The van der Waals surface area contributed by atoms with Crippen LogP contribution >= 0.6 is 7.60 Å². The minimum Gasteiger partial charge on any atom is -0.324 e. The smallest absolute Gasteiger partial charge is 0.324 e. The van der Waals surface area contributed by atoms with Crippen LogP contribution in [0.4, 0.5) is 0 Å². The fourth-order valence-electron chi connectivity index (χ4n) is 1.40. The fourth-order valence-corrected chi connectivity index (χ4v) is 2.91. The number of carbonyl (C=O) groups excluding carboxylic acids is 1. The van der Waals surface area contributed by atoms with Crippen LogP contribution in [0.25, 0.3) is 0 Å². The van der Waals surface area contributed by atoms with E-state index in [-0.39, 0.29) is 12.3 Å². The second kappa shape index (κ2) is 6.10. The summed E-state index contributed by atoms with van der Waals surface area (Å²) in [5.74, 6) is 0. The standard InChI is InChI=1S/C12H17O4P/c1-3-10(2)16-17(14,15)9-12-7-5-4-6-11(12)8-13/h4-8,10H,3,9H2,1-2H3,(H,14,15). The summed E-state index contributed by atoms with van der Waals surface area (Å²) in [5, 5.41) is 0. The molecule has 0 aliphatic heterocycles. The van der Waals surface area contributed by atoms with Gasteiger partial charge in [-0.2, -0.15) is 0 Å². The first-order chi connectivity index (χ1) is 7.98. The van der Waals surface area contributed by atoms with Gasteiger partial charge in [-0.1, -0.05) is 31.2 Å². The average molecular weight is 256 g/mol. The summed E-state index contributed by atoms with van der Waals surface area (Å²) >= 11 is 0. The molecule has 0 fully saturated rings.